The van der Waals surface area contributed by atoms with E-state index in [1.54, 1.807) is 32.9 Å². The maximum atomic E-state index is 13.4. The van der Waals surface area contributed by atoms with Crippen LogP contribution in [0.15, 0.2) is 24.8 Å². The van der Waals surface area contributed by atoms with Gasteiger partial charge in [-0.3, -0.25) is 9.59 Å². The average Bonchev–Trinajstić information content (AvgIpc) is 3.09. The quantitative estimate of drug-likeness (QED) is 0.694. The first-order valence-electron chi connectivity index (χ1n) is 9.63. The number of rotatable bonds is 2. The van der Waals surface area contributed by atoms with Crippen LogP contribution < -0.4 is 0 Å². The van der Waals surface area contributed by atoms with E-state index in [0.717, 1.165) is 4.90 Å². The molecule has 1 spiro atoms. The fourth-order valence-electron chi connectivity index (χ4n) is 5.91. The first-order valence-corrected chi connectivity index (χ1v) is 9.63. The molecule has 6 heteroatoms. The van der Waals surface area contributed by atoms with Crippen molar-refractivity contribution >= 4 is 17.8 Å². The molecule has 3 fully saturated rings. The molecule has 1 aliphatic carbocycles. The summed E-state index contributed by atoms with van der Waals surface area (Å²) in [6.45, 7) is 11.1. The van der Waals surface area contributed by atoms with Gasteiger partial charge in [0.05, 0.1) is 17.4 Å². The Morgan fingerprint density at radius 2 is 2.15 bits per heavy atom. The lowest BCUT2D eigenvalue weighted by molar-refractivity contribution is -0.144. The number of carbonyl (C=O) groups is 3. The van der Waals surface area contributed by atoms with Crippen LogP contribution in [0.25, 0.3) is 0 Å². The van der Waals surface area contributed by atoms with Crippen LogP contribution in [0.4, 0.5) is 4.79 Å². The topological polar surface area (TPSA) is 72.9 Å². The number of hydrogen-bond acceptors (Lipinski definition) is 5. The predicted molar refractivity (Wildman–Crippen MR) is 97.5 cm³/mol. The van der Waals surface area contributed by atoms with Crippen LogP contribution in [0.1, 0.15) is 53.4 Å². The zero-order valence-corrected chi connectivity index (χ0v) is 16.4. The molecule has 3 aliphatic heterocycles. The Kier molecular flexibility index (Phi) is 3.62. The first kappa shape index (κ1) is 18.4. The van der Waals surface area contributed by atoms with E-state index >= 15 is 0 Å². The van der Waals surface area contributed by atoms with Gasteiger partial charge in [-0.15, -0.1) is 6.58 Å². The average molecular weight is 373 g/mol. The van der Waals surface area contributed by atoms with Crippen molar-refractivity contribution in [2.75, 3.05) is 0 Å². The smallest absolute Gasteiger partial charge is 0.419 e. The van der Waals surface area contributed by atoms with Crippen molar-refractivity contribution in [1.82, 2.24) is 4.90 Å². The van der Waals surface area contributed by atoms with Crippen LogP contribution in [0.5, 0.6) is 0 Å². The largest absolute Gasteiger partial charge is 0.443 e. The highest BCUT2D eigenvalue weighted by molar-refractivity contribution is 6.01. The molecule has 0 aromatic rings. The SMILES string of the molecule is C=CC[C@]12C(=O)CCC[C@H]3C(=O)N(C(=O)OC(C)(C)C)[C@@]4(C=C[C@@H]1O4)[C@@]32C. The molecule has 146 valence electrons. The summed E-state index contributed by atoms with van der Waals surface area (Å²) < 4.78 is 11.9. The highest BCUT2D eigenvalue weighted by Gasteiger charge is 2.84. The summed E-state index contributed by atoms with van der Waals surface area (Å²) in [6, 6.07) is 0. The number of hydrogen-bond donors (Lipinski definition) is 0. The molecule has 0 N–H and O–H groups in total. The minimum absolute atomic E-state index is 0.0995. The number of Topliss-reactive ketones (excluding diaryl/α,β-unsaturated/α-hetero) is 1. The summed E-state index contributed by atoms with van der Waals surface area (Å²) in [5.74, 6) is -0.672. The van der Waals surface area contributed by atoms with Crippen molar-refractivity contribution in [3.05, 3.63) is 24.8 Å². The maximum absolute atomic E-state index is 13.4. The monoisotopic (exact) mass is 373 g/mol. The fourth-order valence-corrected chi connectivity index (χ4v) is 5.91. The molecule has 4 rings (SSSR count). The lowest BCUT2D eigenvalue weighted by Gasteiger charge is -2.48. The first-order chi connectivity index (χ1) is 12.5. The molecule has 0 aromatic carbocycles. The molecular weight excluding hydrogens is 346 g/mol. The molecule has 2 bridgehead atoms. The second kappa shape index (κ2) is 5.31. The number of imide groups is 1. The Labute approximate surface area is 159 Å². The number of ether oxygens (including phenoxy) is 2. The van der Waals surface area contributed by atoms with Crippen LogP contribution in [0.2, 0.25) is 0 Å². The second-order valence-corrected chi connectivity index (χ2v) is 9.28. The highest BCUT2D eigenvalue weighted by atomic mass is 16.6. The fraction of sp³-hybridized carbons (Fsp3) is 0.667. The highest BCUT2D eigenvalue weighted by Crippen LogP contribution is 2.73. The van der Waals surface area contributed by atoms with E-state index in [4.69, 9.17) is 9.47 Å². The minimum Gasteiger partial charge on any atom is -0.443 e. The standard InChI is InChI=1S/C21H27NO5/c1-6-11-20-14(23)9-7-8-13-16(24)22(17(25)27-18(2,3)4)21(19(13,20)5)12-10-15(20)26-21/h6,10,12-13,15H,1,7-9,11H2,2-5H3/t13-,15-,19-,20-,21+/m0/s1. The van der Waals surface area contributed by atoms with Gasteiger partial charge in [-0.05, 0) is 46.1 Å². The molecule has 3 heterocycles. The van der Waals surface area contributed by atoms with E-state index in [1.165, 1.54) is 0 Å². The Hall–Kier alpha value is -1.95. The number of fused-ring (bicyclic) bond motifs is 2. The van der Waals surface area contributed by atoms with E-state index < -0.39 is 40.3 Å². The van der Waals surface area contributed by atoms with Crippen molar-refractivity contribution in [2.24, 2.45) is 16.7 Å². The molecule has 27 heavy (non-hydrogen) atoms. The zero-order valence-electron chi connectivity index (χ0n) is 16.4. The molecule has 2 saturated heterocycles. The van der Waals surface area contributed by atoms with Crippen molar-refractivity contribution in [3.8, 4) is 0 Å². The van der Waals surface area contributed by atoms with E-state index in [1.807, 2.05) is 13.0 Å². The third-order valence-electron chi connectivity index (χ3n) is 6.94. The van der Waals surface area contributed by atoms with Crippen LogP contribution in [0.3, 0.4) is 0 Å². The molecule has 0 aromatic heterocycles. The summed E-state index contributed by atoms with van der Waals surface area (Å²) in [7, 11) is 0. The summed E-state index contributed by atoms with van der Waals surface area (Å²) in [4.78, 5) is 40.9. The van der Waals surface area contributed by atoms with Gasteiger partial charge in [-0.25, -0.2) is 9.69 Å². The van der Waals surface area contributed by atoms with E-state index in [2.05, 4.69) is 6.58 Å². The van der Waals surface area contributed by atoms with Gasteiger partial charge in [-0.2, -0.15) is 0 Å². The number of allylic oxidation sites excluding steroid dienone is 1. The summed E-state index contributed by atoms with van der Waals surface area (Å²) in [6.07, 6.45) is 6.22. The molecule has 1 saturated carbocycles. The van der Waals surface area contributed by atoms with Gasteiger partial charge in [0.15, 0.2) is 5.72 Å². The summed E-state index contributed by atoms with van der Waals surface area (Å²) in [5, 5.41) is 0. The maximum Gasteiger partial charge on any atom is 0.419 e. The Balaban J connectivity index is 1.91. The molecular formula is C21H27NO5. The van der Waals surface area contributed by atoms with Gasteiger partial charge in [0.25, 0.3) is 0 Å². The number of ketones is 1. The Bertz CT molecular complexity index is 780. The van der Waals surface area contributed by atoms with Crippen molar-refractivity contribution in [2.45, 2.75) is 70.8 Å². The number of amides is 2. The van der Waals surface area contributed by atoms with Gasteiger partial charge in [0.2, 0.25) is 5.91 Å². The van der Waals surface area contributed by atoms with Gasteiger partial charge < -0.3 is 9.47 Å². The molecule has 2 amide bonds. The lowest BCUT2D eigenvalue weighted by atomic mass is 9.51. The zero-order chi connectivity index (χ0) is 19.8. The molecule has 5 atom stereocenters. The predicted octanol–water partition coefficient (Wildman–Crippen LogP) is 3.37. The van der Waals surface area contributed by atoms with Crippen molar-refractivity contribution in [1.29, 1.82) is 0 Å². The van der Waals surface area contributed by atoms with Gasteiger partial charge in [-0.1, -0.05) is 19.1 Å². The van der Waals surface area contributed by atoms with Crippen LogP contribution >= 0.6 is 0 Å². The van der Waals surface area contributed by atoms with Crippen LogP contribution in [0, 0.1) is 16.7 Å². The van der Waals surface area contributed by atoms with Crippen molar-refractivity contribution < 1.29 is 23.9 Å². The number of carbonyl (C=O) groups excluding carboxylic acids is 3. The van der Waals surface area contributed by atoms with Crippen molar-refractivity contribution in [3.63, 3.8) is 0 Å². The van der Waals surface area contributed by atoms with E-state index in [0.29, 0.717) is 25.7 Å². The lowest BCUT2D eigenvalue weighted by Crippen LogP contribution is -2.59. The van der Waals surface area contributed by atoms with E-state index in [-0.39, 0.29) is 11.7 Å². The molecule has 0 radical (unpaired) electrons. The molecule has 6 nitrogen and oxygen atoms in total. The normalized spacial score (nSPS) is 42.3. The Morgan fingerprint density at radius 3 is 2.78 bits per heavy atom. The van der Waals surface area contributed by atoms with Gasteiger partial charge >= 0.3 is 6.09 Å². The third-order valence-corrected chi connectivity index (χ3v) is 6.94. The summed E-state index contributed by atoms with van der Waals surface area (Å²) in [5.41, 5.74) is -3.73. The molecule has 4 aliphatic rings. The minimum atomic E-state index is -1.27. The third kappa shape index (κ3) is 1.92. The van der Waals surface area contributed by atoms with Gasteiger partial charge in [0.1, 0.15) is 11.4 Å². The second-order valence-electron chi connectivity index (χ2n) is 9.28. The summed E-state index contributed by atoms with van der Waals surface area (Å²) >= 11 is 0. The number of likely N-dealkylation sites (tertiary alicyclic amines) is 1. The molecule has 0 unspecified atom stereocenters. The van der Waals surface area contributed by atoms with E-state index in [9.17, 15) is 14.4 Å². The van der Waals surface area contributed by atoms with Crippen LogP contribution in [-0.4, -0.2) is 40.1 Å². The van der Waals surface area contributed by atoms with Gasteiger partial charge in [0, 0.05) is 11.8 Å². The Morgan fingerprint density at radius 1 is 1.44 bits per heavy atom. The number of nitrogens with zero attached hydrogens (tertiary/aromatic N) is 1. The van der Waals surface area contributed by atoms with Crippen LogP contribution in [-0.2, 0) is 19.1 Å².